The van der Waals surface area contributed by atoms with Crippen molar-refractivity contribution < 1.29 is 22.7 Å². The second-order valence-electron chi connectivity index (χ2n) is 6.79. The van der Waals surface area contributed by atoms with Crippen LogP contribution in [-0.4, -0.2) is 39.1 Å². The molecule has 160 valence electrons. The number of sulfonamides is 1. The third kappa shape index (κ3) is 4.77. The van der Waals surface area contributed by atoms with Crippen molar-refractivity contribution in [3.8, 4) is 11.5 Å². The summed E-state index contributed by atoms with van der Waals surface area (Å²) in [6, 6.07) is 16.4. The van der Waals surface area contributed by atoms with Gasteiger partial charge in [-0.3, -0.25) is 14.1 Å². The summed E-state index contributed by atoms with van der Waals surface area (Å²) in [6.45, 7) is 0.646. The molecule has 0 atom stereocenters. The zero-order chi connectivity index (χ0) is 21.7. The third-order valence-corrected chi connectivity index (χ3v) is 6.43. The van der Waals surface area contributed by atoms with Crippen LogP contribution < -0.4 is 19.1 Å². The number of anilines is 1. The molecular formula is C22H21N3O5S. The van der Waals surface area contributed by atoms with Gasteiger partial charge in [-0.1, -0.05) is 24.3 Å². The molecule has 1 aromatic heterocycles. The number of rotatable bonds is 7. The minimum Gasteiger partial charge on any atom is -0.486 e. The van der Waals surface area contributed by atoms with Gasteiger partial charge < -0.3 is 14.8 Å². The molecule has 9 heteroatoms. The largest absolute Gasteiger partial charge is 0.486 e. The van der Waals surface area contributed by atoms with E-state index in [1.807, 2.05) is 6.07 Å². The zero-order valence-electron chi connectivity index (χ0n) is 16.6. The summed E-state index contributed by atoms with van der Waals surface area (Å²) in [5, 5.41) is 2.74. The third-order valence-electron chi connectivity index (χ3n) is 4.64. The number of nitrogens with one attached hydrogen (secondary N) is 1. The summed E-state index contributed by atoms with van der Waals surface area (Å²) in [5.74, 6) is 0.527. The Kier molecular flexibility index (Phi) is 6.03. The Hall–Kier alpha value is -3.59. The first kappa shape index (κ1) is 20.7. The molecule has 1 aliphatic heterocycles. The molecule has 0 radical (unpaired) electrons. The number of benzene rings is 2. The lowest BCUT2D eigenvalue weighted by atomic mass is 10.2. The normalized spacial score (nSPS) is 12.8. The number of hydrogen-bond acceptors (Lipinski definition) is 6. The standard InChI is InChI=1S/C22H21N3O5S/c26-22(24-15-17-5-4-10-23-14-17)16-25(31(27,28)19-6-2-1-3-7-19)18-8-9-20-21(13-18)30-12-11-29-20/h1-10,13-14H,11-12,15-16H2,(H,24,26). The lowest BCUT2D eigenvalue weighted by Crippen LogP contribution is -2.40. The van der Waals surface area contributed by atoms with Crippen molar-refractivity contribution in [3.05, 3.63) is 78.6 Å². The first-order chi connectivity index (χ1) is 15.0. The van der Waals surface area contributed by atoms with Crippen molar-refractivity contribution in [2.75, 3.05) is 24.1 Å². The molecule has 2 heterocycles. The second kappa shape index (κ2) is 9.05. The monoisotopic (exact) mass is 439 g/mol. The number of ether oxygens (including phenoxy) is 2. The highest BCUT2D eigenvalue weighted by Crippen LogP contribution is 2.35. The van der Waals surface area contributed by atoms with E-state index in [1.165, 1.54) is 12.1 Å². The van der Waals surface area contributed by atoms with Crippen LogP contribution in [0, 0.1) is 0 Å². The van der Waals surface area contributed by atoms with E-state index in [0.29, 0.717) is 30.4 Å². The molecule has 8 nitrogen and oxygen atoms in total. The molecule has 1 N–H and O–H groups in total. The van der Waals surface area contributed by atoms with Crippen LogP contribution >= 0.6 is 0 Å². The molecule has 1 amide bonds. The Bertz CT molecular complexity index is 1150. The molecule has 0 saturated heterocycles. The molecule has 0 saturated carbocycles. The number of amides is 1. The van der Waals surface area contributed by atoms with Crippen LogP contribution in [0.3, 0.4) is 0 Å². The molecule has 1 aliphatic rings. The van der Waals surface area contributed by atoms with Gasteiger partial charge in [0.15, 0.2) is 11.5 Å². The Morgan fingerprint density at radius 3 is 2.52 bits per heavy atom. The smallest absolute Gasteiger partial charge is 0.264 e. The van der Waals surface area contributed by atoms with Gasteiger partial charge in [-0.15, -0.1) is 0 Å². The number of hydrogen-bond donors (Lipinski definition) is 1. The van der Waals surface area contributed by atoms with Crippen molar-refractivity contribution in [1.82, 2.24) is 10.3 Å². The summed E-state index contributed by atoms with van der Waals surface area (Å²) < 4.78 is 38.9. The van der Waals surface area contributed by atoms with E-state index < -0.39 is 22.5 Å². The number of fused-ring (bicyclic) bond motifs is 1. The number of aromatic nitrogens is 1. The maximum Gasteiger partial charge on any atom is 0.264 e. The molecule has 0 bridgehead atoms. The molecule has 0 unspecified atom stereocenters. The van der Waals surface area contributed by atoms with Gasteiger partial charge >= 0.3 is 0 Å². The van der Waals surface area contributed by atoms with E-state index >= 15 is 0 Å². The summed E-state index contributed by atoms with van der Waals surface area (Å²) in [7, 11) is -3.99. The Balaban J connectivity index is 1.62. The van der Waals surface area contributed by atoms with E-state index in [2.05, 4.69) is 10.3 Å². The molecule has 0 fully saturated rings. The highest BCUT2D eigenvalue weighted by Gasteiger charge is 2.28. The molecule has 2 aromatic carbocycles. The molecule has 0 aliphatic carbocycles. The fourth-order valence-electron chi connectivity index (χ4n) is 3.11. The predicted molar refractivity (Wildman–Crippen MR) is 114 cm³/mol. The first-order valence-corrected chi connectivity index (χ1v) is 11.1. The Labute approximate surface area is 180 Å². The fourth-order valence-corrected chi connectivity index (χ4v) is 4.55. The molecule has 3 aromatic rings. The lowest BCUT2D eigenvalue weighted by Gasteiger charge is -2.26. The number of pyridine rings is 1. The molecule has 0 spiro atoms. The molecule has 31 heavy (non-hydrogen) atoms. The van der Waals surface area contributed by atoms with Gasteiger partial charge in [0.2, 0.25) is 5.91 Å². The van der Waals surface area contributed by atoms with Crippen LogP contribution in [0.1, 0.15) is 5.56 Å². The van der Waals surface area contributed by atoms with Gasteiger partial charge in [0.25, 0.3) is 10.0 Å². The van der Waals surface area contributed by atoms with Crippen LogP contribution in [0.4, 0.5) is 5.69 Å². The SMILES string of the molecule is O=C(CN(c1ccc2c(c1)OCCO2)S(=O)(=O)c1ccccc1)NCc1cccnc1. The second-order valence-corrected chi connectivity index (χ2v) is 8.65. The van der Waals surface area contributed by atoms with Gasteiger partial charge in [-0.25, -0.2) is 8.42 Å². The Morgan fingerprint density at radius 1 is 1.00 bits per heavy atom. The van der Waals surface area contributed by atoms with E-state index in [0.717, 1.165) is 9.87 Å². The summed E-state index contributed by atoms with van der Waals surface area (Å²) >= 11 is 0. The number of nitrogens with zero attached hydrogens (tertiary/aromatic N) is 2. The van der Waals surface area contributed by atoms with Crippen molar-refractivity contribution in [1.29, 1.82) is 0 Å². The van der Waals surface area contributed by atoms with Gasteiger partial charge in [0.05, 0.1) is 10.6 Å². The quantitative estimate of drug-likeness (QED) is 0.607. The number of carbonyl (C=O) groups is 1. The van der Waals surface area contributed by atoms with Crippen molar-refractivity contribution in [3.63, 3.8) is 0 Å². The molecule has 4 rings (SSSR count). The van der Waals surface area contributed by atoms with Gasteiger partial charge in [-0.05, 0) is 35.9 Å². The van der Waals surface area contributed by atoms with Crippen LogP contribution in [-0.2, 0) is 21.4 Å². The van der Waals surface area contributed by atoms with Crippen LogP contribution in [0.5, 0.6) is 11.5 Å². The van der Waals surface area contributed by atoms with Gasteiger partial charge in [-0.2, -0.15) is 0 Å². The van der Waals surface area contributed by atoms with E-state index in [9.17, 15) is 13.2 Å². The van der Waals surface area contributed by atoms with Crippen LogP contribution in [0.2, 0.25) is 0 Å². The highest BCUT2D eigenvalue weighted by molar-refractivity contribution is 7.92. The van der Waals surface area contributed by atoms with E-state index in [-0.39, 0.29) is 11.4 Å². The van der Waals surface area contributed by atoms with E-state index in [4.69, 9.17) is 9.47 Å². The van der Waals surface area contributed by atoms with Gasteiger partial charge in [0, 0.05) is 25.0 Å². The van der Waals surface area contributed by atoms with E-state index in [1.54, 1.807) is 54.9 Å². The first-order valence-electron chi connectivity index (χ1n) is 9.67. The maximum atomic E-state index is 13.4. The summed E-state index contributed by atoms with van der Waals surface area (Å²) in [4.78, 5) is 16.8. The van der Waals surface area contributed by atoms with Crippen LogP contribution in [0.25, 0.3) is 0 Å². The fraction of sp³-hybridized carbons (Fsp3) is 0.182. The Morgan fingerprint density at radius 2 is 1.77 bits per heavy atom. The summed E-state index contributed by atoms with van der Waals surface area (Å²) in [5.41, 5.74) is 1.12. The van der Waals surface area contributed by atoms with Crippen molar-refractivity contribution in [2.45, 2.75) is 11.4 Å². The minimum atomic E-state index is -3.99. The van der Waals surface area contributed by atoms with Crippen molar-refractivity contribution >= 4 is 21.6 Å². The number of carbonyl (C=O) groups excluding carboxylic acids is 1. The van der Waals surface area contributed by atoms with Gasteiger partial charge in [0.1, 0.15) is 19.8 Å². The predicted octanol–water partition coefficient (Wildman–Crippen LogP) is 2.36. The van der Waals surface area contributed by atoms with Crippen LogP contribution in [0.15, 0.2) is 78.0 Å². The van der Waals surface area contributed by atoms with Crippen molar-refractivity contribution in [2.24, 2.45) is 0 Å². The zero-order valence-corrected chi connectivity index (χ0v) is 17.4. The molecular weight excluding hydrogens is 418 g/mol. The maximum absolute atomic E-state index is 13.4. The summed E-state index contributed by atoms with van der Waals surface area (Å²) in [6.07, 6.45) is 3.28. The topological polar surface area (TPSA) is 97.8 Å². The highest BCUT2D eigenvalue weighted by atomic mass is 32.2. The lowest BCUT2D eigenvalue weighted by molar-refractivity contribution is -0.119. The average Bonchev–Trinajstić information content (AvgIpc) is 2.82. The minimum absolute atomic E-state index is 0.0879. The average molecular weight is 439 g/mol.